The zero-order chi connectivity index (χ0) is 14.5. The van der Waals surface area contributed by atoms with Crippen molar-refractivity contribution in [3.05, 3.63) is 59.5 Å². The molecule has 106 valence electrons. The van der Waals surface area contributed by atoms with Gasteiger partial charge in [0.1, 0.15) is 18.2 Å². The summed E-state index contributed by atoms with van der Waals surface area (Å²) in [7, 11) is 0. The maximum atomic E-state index is 5.60. The van der Waals surface area contributed by atoms with Gasteiger partial charge in [0.05, 0.1) is 12.7 Å². The van der Waals surface area contributed by atoms with Crippen LogP contribution in [-0.4, -0.2) is 23.1 Å². The summed E-state index contributed by atoms with van der Waals surface area (Å²) in [6.45, 7) is 1.23. The standard InChI is InChI=1S/C16H14BrN3O/c17-15-11-20-16(14-6-2-1-5-13(14)15)19-8-9-21-12-4-3-7-18-10-12/h1-7,10-11H,8-9H2,(H,19,20). The zero-order valence-corrected chi connectivity index (χ0v) is 12.9. The number of nitrogens with zero attached hydrogens (tertiary/aromatic N) is 2. The summed E-state index contributed by atoms with van der Waals surface area (Å²) in [5.74, 6) is 1.64. The van der Waals surface area contributed by atoms with Crippen molar-refractivity contribution >= 4 is 32.5 Å². The molecule has 2 aromatic heterocycles. The van der Waals surface area contributed by atoms with E-state index in [-0.39, 0.29) is 0 Å². The van der Waals surface area contributed by atoms with E-state index in [1.165, 1.54) is 0 Å². The lowest BCUT2D eigenvalue weighted by Crippen LogP contribution is -2.12. The van der Waals surface area contributed by atoms with Gasteiger partial charge in [-0.1, -0.05) is 24.3 Å². The Morgan fingerprint density at radius 2 is 1.90 bits per heavy atom. The second-order valence-electron chi connectivity index (χ2n) is 4.46. The van der Waals surface area contributed by atoms with Crippen LogP contribution in [0.15, 0.2) is 59.5 Å². The second kappa shape index (κ2) is 6.54. The maximum absolute atomic E-state index is 5.60. The molecule has 0 saturated heterocycles. The van der Waals surface area contributed by atoms with Crippen molar-refractivity contribution in [2.75, 3.05) is 18.5 Å². The molecule has 0 aliphatic carbocycles. The Morgan fingerprint density at radius 3 is 2.71 bits per heavy atom. The van der Waals surface area contributed by atoms with E-state index in [1.807, 2.05) is 30.5 Å². The van der Waals surface area contributed by atoms with Crippen LogP contribution in [0.1, 0.15) is 0 Å². The van der Waals surface area contributed by atoms with E-state index in [9.17, 15) is 0 Å². The van der Waals surface area contributed by atoms with Gasteiger partial charge in [-0.2, -0.15) is 0 Å². The Labute approximate surface area is 131 Å². The van der Waals surface area contributed by atoms with Crippen LogP contribution < -0.4 is 10.1 Å². The number of fused-ring (bicyclic) bond motifs is 1. The molecule has 0 amide bonds. The lowest BCUT2D eigenvalue weighted by molar-refractivity contribution is 0.331. The molecule has 0 aliphatic rings. The first-order valence-corrected chi connectivity index (χ1v) is 7.44. The number of aromatic nitrogens is 2. The Balaban J connectivity index is 1.65. The van der Waals surface area contributed by atoms with Crippen LogP contribution in [0.25, 0.3) is 10.8 Å². The van der Waals surface area contributed by atoms with Gasteiger partial charge in [-0.15, -0.1) is 0 Å². The lowest BCUT2D eigenvalue weighted by Gasteiger charge is -2.10. The summed E-state index contributed by atoms with van der Waals surface area (Å²) in [6.07, 6.45) is 5.24. The van der Waals surface area contributed by atoms with Gasteiger partial charge < -0.3 is 10.1 Å². The Kier molecular flexibility index (Phi) is 4.31. The first kappa shape index (κ1) is 13.8. The third kappa shape index (κ3) is 3.31. The predicted molar refractivity (Wildman–Crippen MR) is 87.7 cm³/mol. The molecule has 1 N–H and O–H groups in total. The summed E-state index contributed by atoms with van der Waals surface area (Å²) in [4.78, 5) is 8.43. The highest BCUT2D eigenvalue weighted by Gasteiger charge is 2.04. The number of rotatable bonds is 5. The average molecular weight is 344 g/mol. The van der Waals surface area contributed by atoms with Gasteiger partial charge in [0.15, 0.2) is 0 Å². The number of pyridine rings is 2. The fourth-order valence-corrected chi connectivity index (χ4v) is 2.52. The minimum Gasteiger partial charge on any atom is -0.490 e. The van der Waals surface area contributed by atoms with Gasteiger partial charge in [-0.25, -0.2) is 4.98 Å². The van der Waals surface area contributed by atoms with Crippen molar-refractivity contribution in [1.29, 1.82) is 0 Å². The van der Waals surface area contributed by atoms with E-state index < -0.39 is 0 Å². The molecule has 3 aromatic rings. The molecule has 0 bridgehead atoms. The maximum Gasteiger partial charge on any atom is 0.137 e. The third-order valence-corrected chi connectivity index (χ3v) is 3.68. The number of anilines is 1. The van der Waals surface area contributed by atoms with E-state index in [1.54, 1.807) is 12.4 Å². The molecule has 0 radical (unpaired) electrons. The van der Waals surface area contributed by atoms with E-state index in [4.69, 9.17) is 4.74 Å². The monoisotopic (exact) mass is 343 g/mol. The second-order valence-corrected chi connectivity index (χ2v) is 5.32. The van der Waals surface area contributed by atoms with Crippen molar-refractivity contribution < 1.29 is 4.74 Å². The van der Waals surface area contributed by atoms with Gasteiger partial charge >= 0.3 is 0 Å². The topological polar surface area (TPSA) is 47.0 Å². The zero-order valence-electron chi connectivity index (χ0n) is 11.3. The fourth-order valence-electron chi connectivity index (χ4n) is 2.07. The predicted octanol–water partition coefficient (Wildman–Crippen LogP) is 3.88. The number of nitrogens with one attached hydrogen (secondary N) is 1. The van der Waals surface area contributed by atoms with Gasteiger partial charge in [-0.3, -0.25) is 4.98 Å². The van der Waals surface area contributed by atoms with Gasteiger partial charge in [0.25, 0.3) is 0 Å². The normalized spacial score (nSPS) is 10.5. The number of hydrogen-bond acceptors (Lipinski definition) is 4. The van der Waals surface area contributed by atoms with Crippen LogP contribution in [0.3, 0.4) is 0 Å². The molecular formula is C16H14BrN3O. The molecule has 0 saturated carbocycles. The van der Waals surface area contributed by atoms with Crippen molar-refractivity contribution in [1.82, 2.24) is 9.97 Å². The van der Waals surface area contributed by atoms with Crippen LogP contribution in [0.2, 0.25) is 0 Å². The first-order chi connectivity index (χ1) is 10.3. The molecule has 1 aromatic carbocycles. The van der Waals surface area contributed by atoms with Crippen LogP contribution in [0, 0.1) is 0 Å². The summed E-state index contributed by atoms with van der Waals surface area (Å²) in [6, 6.07) is 11.9. The molecule has 0 unspecified atom stereocenters. The van der Waals surface area contributed by atoms with E-state index in [0.29, 0.717) is 13.2 Å². The van der Waals surface area contributed by atoms with Crippen LogP contribution in [0.5, 0.6) is 5.75 Å². The van der Waals surface area contributed by atoms with E-state index in [0.717, 1.165) is 26.8 Å². The molecule has 0 spiro atoms. The van der Waals surface area contributed by atoms with E-state index >= 15 is 0 Å². The highest BCUT2D eigenvalue weighted by atomic mass is 79.9. The molecule has 0 fully saturated rings. The minimum atomic E-state index is 0.553. The molecule has 2 heterocycles. The molecule has 0 atom stereocenters. The molecular weight excluding hydrogens is 330 g/mol. The van der Waals surface area contributed by atoms with Crippen molar-refractivity contribution in [2.45, 2.75) is 0 Å². The Bertz CT molecular complexity index is 734. The largest absolute Gasteiger partial charge is 0.490 e. The highest BCUT2D eigenvalue weighted by Crippen LogP contribution is 2.27. The fraction of sp³-hybridized carbons (Fsp3) is 0.125. The van der Waals surface area contributed by atoms with Gasteiger partial charge in [0.2, 0.25) is 0 Å². The van der Waals surface area contributed by atoms with Gasteiger partial charge in [0, 0.05) is 27.6 Å². The molecule has 5 heteroatoms. The summed E-state index contributed by atoms with van der Waals surface area (Å²) in [5, 5.41) is 5.54. The average Bonchev–Trinajstić information content (AvgIpc) is 2.55. The smallest absolute Gasteiger partial charge is 0.137 e. The molecule has 21 heavy (non-hydrogen) atoms. The number of ether oxygens (including phenoxy) is 1. The van der Waals surface area contributed by atoms with Crippen LogP contribution in [-0.2, 0) is 0 Å². The number of hydrogen-bond donors (Lipinski definition) is 1. The lowest BCUT2D eigenvalue weighted by atomic mass is 10.1. The molecule has 4 nitrogen and oxygen atoms in total. The summed E-state index contributed by atoms with van der Waals surface area (Å²) >= 11 is 3.52. The third-order valence-electron chi connectivity index (χ3n) is 3.04. The summed E-state index contributed by atoms with van der Waals surface area (Å²) < 4.78 is 6.60. The quantitative estimate of drug-likeness (QED) is 0.714. The SMILES string of the molecule is Brc1cnc(NCCOc2cccnc2)c2ccccc12. The highest BCUT2D eigenvalue weighted by molar-refractivity contribution is 9.10. The van der Waals surface area contributed by atoms with E-state index in [2.05, 4.69) is 43.3 Å². The number of halogens is 1. The van der Waals surface area contributed by atoms with Gasteiger partial charge in [-0.05, 0) is 28.1 Å². The minimum absolute atomic E-state index is 0.553. The Hall–Kier alpha value is -2.14. The number of benzene rings is 1. The van der Waals surface area contributed by atoms with Crippen LogP contribution in [0.4, 0.5) is 5.82 Å². The molecule has 3 rings (SSSR count). The van der Waals surface area contributed by atoms with Crippen molar-refractivity contribution in [3.63, 3.8) is 0 Å². The summed E-state index contributed by atoms with van der Waals surface area (Å²) in [5.41, 5.74) is 0. The molecule has 0 aliphatic heterocycles. The van der Waals surface area contributed by atoms with Crippen molar-refractivity contribution in [2.24, 2.45) is 0 Å². The van der Waals surface area contributed by atoms with Crippen molar-refractivity contribution in [3.8, 4) is 5.75 Å². The van der Waals surface area contributed by atoms with Crippen LogP contribution >= 0.6 is 15.9 Å². The Morgan fingerprint density at radius 1 is 1.05 bits per heavy atom. The first-order valence-electron chi connectivity index (χ1n) is 6.64.